The van der Waals surface area contributed by atoms with Crippen LogP contribution in [0.25, 0.3) is 31.3 Å². The molecule has 4 rings (SSSR count). The minimum atomic E-state index is 0.689. The van der Waals surface area contributed by atoms with Crippen molar-refractivity contribution in [3.05, 3.63) is 77.1 Å². The Morgan fingerprint density at radius 3 is 1.81 bits per heavy atom. The molecule has 0 aliphatic heterocycles. The van der Waals surface area contributed by atoms with Gasteiger partial charge in [0.15, 0.2) is 0 Å². The SMILES string of the molecule is CCOc1ccc(-c2ccc(-c3ccc(-c4ccc(Cl)s4)s3)cc2)cc1. The van der Waals surface area contributed by atoms with Crippen LogP contribution >= 0.6 is 34.3 Å². The molecule has 0 fully saturated rings. The fourth-order valence-electron chi connectivity index (χ4n) is 2.81. The van der Waals surface area contributed by atoms with Crippen molar-refractivity contribution in [2.24, 2.45) is 0 Å². The predicted molar refractivity (Wildman–Crippen MR) is 115 cm³/mol. The highest BCUT2D eigenvalue weighted by molar-refractivity contribution is 7.25. The van der Waals surface area contributed by atoms with Crippen molar-refractivity contribution in [2.75, 3.05) is 6.61 Å². The highest BCUT2D eigenvalue weighted by atomic mass is 35.5. The summed E-state index contributed by atoms with van der Waals surface area (Å²) in [5.74, 6) is 0.910. The quantitative estimate of drug-likeness (QED) is 0.333. The largest absolute Gasteiger partial charge is 0.494 e. The van der Waals surface area contributed by atoms with Crippen LogP contribution in [0.5, 0.6) is 5.75 Å². The van der Waals surface area contributed by atoms with Gasteiger partial charge in [0, 0.05) is 14.6 Å². The van der Waals surface area contributed by atoms with Gasteiger partial charge in [0.2, 0.25) is 0 Å². The van der Waals surface area contributed by atoms with Gasteiger partial charge in [0.25, 0.3) is 0 Å². The molecular formula is C22H17ClOS2. The van der Waals surface area contributed by atoms with E-state index in [1.54, 1.807) is 22.7 Å². The highest BCUT2D eigenvalue weighted by Gasteiger charge is 2.08. The van der Waals surface area contributed by atoms with Gasteiger partial charge < -0.3 is 4.74 Å². The van der Waals surface area contributed by atoms with Crippen LogP contribution in [0.4, 0.5) is 0 Å². The number of halogens is 1. The van der Waals surface area contributed by atoms with E-state index in [-0.39, 0.29) is 0 Å². The minimum absolute atomic E-state index is 0.689. The molecule has 0 saturated carbocycles. The molecule has 0 radical (unpaired) electrons. The molecule has 0 saturated heterocycles. The molecule has 0 unspecified atom stereocenters. The summed E-state index contributed by atoms with van der Waals surface area (Å²) in [5.41, 5.74) is 3.64. The molecule has 0 spiro atoms. The second kappa shape index (κ2) is 7.67. The Labute approximate surface area is 166 Å². The van der Waals surface area contributed by atoms with Gasteiger partial charge in [-0.3, -0.25) is 0 Å². The maximum absolute atomic E-state index is 6.05. The standard InChI is InChI=1S/C22H17ClOS2/c1-2-24-18-9-7-16(8-10-18)15-3-5-17(6-4-15)19-11-12-20(25-19)21-13-14-22(23)26-21/h3-14H,2H2,1H3. The number of benzene rings is 2. The van der Waals surface area contributed by atoms with Crippen molar-refractivity contribution in [3.8, 4) is 37.1 Å². The summed E-state index contributed by atoms with van der Waals surface area (Å²) >= 11 is 9.47. The van der Waals surface area contributed by atoms with Crippen LogP contribution in [0.1, 0.15) is 6.92 Å². The van der Waals surface area contributed by atoms with Crippen LogP contribution in [-0.4, -0.2) is 6.61 Å². The summed E-state index contributed by atoms with van der Waals surface area (Å²) in [6, 6.07) is 25.3. The molecule has 1 nitrogen and oxygen atoms in total. The molecule has 2 aromatic carbocycles. The maximum atomic E-state index is 6.05. The first-order valence-electron chi connectivity index (χ1n) is 8.42. The summed E-state index contributed by atoms with van der Waals surface area (Å²) in [6.45, 7) is 2.68. The third-order valence-corrected chi connectivity index (χ3v) is 6.65. The van der Waals surface area contributed by atoms with E-state index < -0.39 is 0 Å². The lowest BCUT2D eigenvalue weighted by Gasteiger charge is -2.06. The van der Waals surface area contributed by atoms with E-state index in [1.807, 2.05) is 25.1 Å². The third kappa shape index (κ3) is 3.70. The van der Waals surface area contributed by atoms with Crippen LogP contribution in [0.15, 0.2) is 72.8 Å². The van der Waals surface area contributed by atoms with Crippen molar-refractivity contribution >= 4 is 34.3 Å². The number of hydrogen-bond donors (Lipinski definition) is 0. The molecule has 4 aromatic rings. The van der Waals surface area contributed by atoms with E-state index in [9.17, 15) is 0 Å². The summed E-state index contributed by atoms with van der Waals surface area (Å²) in [7, 11) is 0. The van der Waals surface area contributed by atoms with Crippen LogP contribution in [0.2, 0.25) is 4.34 Å². The average molecular weight is 397 g/mol. The number of thiophene rings is 2. The first-order chi connectivity index (χ1) is 12.7. The molecule has 2 aromatic heterocycles. The Bertz CT molecular complexity index is 997. The molecule has 0 atom stereocenters. The second-order valence-corrected chi connectivity index (χ2v) is 8.60. The Kier molecular flexibility index (Phi) is 5.11. The zero-order valence-electron chi connectivity index (χ0n) is 14.2. The van der Waals surface area contributed by atoms with Gasteiger partial charge in [0.05, 0.1) is 10.9 Å². The molecule has 0 aliphatic carbocycles. The topological polar surface area (TPSA) is 9.23 Å². The minimum Gasteiger partial charge on any atom is -0.494 e. The Morgan fingerprint density at radius 1 is 0.654 bits per heavy atom. The van der Waals surface area contributed by atoms with E-state index in [0.717, 1.165) is 10.1 Å². The van der Waals surface area contributed by atoms with E-state index in [2.05, 4.69) is 54.6 Å². The molecule has 0 bridgehead atoms. The van der Waals surface area contributed by atoms with Gasteiger partial charge in [-0.1, -0.05) is 48.0 Å². The lowest BCUT2D eigenvalue weighted by atomic mass is 10.0. The van der Waals surface area contributed by atoms with Gasteiger partial charge in [-0.2, -0.15) is 0 Å². The van der Waals surface area contributed by atoms with Crippen molar-refractivity contribution < 1.29 is 4.74 Å². The molecule has 130 valence electrons. The molecule has 26 heavy (non-hydrogen) atoms. The van der Waals surface area contributed by atoms with Crippen LogP contribution < -0.4 is 4.74 Å². The Balaban J connectivity index is 1.55. The van der Waals surface area contributed by atoms with Crippen molar-refractivity contribution in [3.63, 3.8) is 0 Å². The highest BCUT2D eigenvalue weighted by Crippen LogP contribution is 2.39. The van der Waals surface area contributed by atoms with Crippen molar-refractivity contribution in [1.29, 1.82) is 0 Å². The molecule has 0 N–H and O–H groups in total. The molecule has 2 heterocycles. The van der Waals surface area contributed by atoms with Crippen molar-refractivity contribution in [1.82, 2.24) is 0 Å². The number of hydrogen-bond acceptors (Lipinski definition) is 3. The summed E-state index contributed by atoms with van der Waals surface area (Å²) < 4.78 is 6.34. The maximum Gasteiger partial charge on any atom is 0.119 e. The number of ether oxygens (including phenoxy) is 1. The molecule has 4 heteroatoms. The Hall–Kier alpha value is -2.07. The second-order valence-electron chi connectivity index (χ2n) is 5.80. The van der Waals surface area contributed by atoms with E-state index >= 15 is 0 Å². The van der Waals surface area contributed by atoms with E-state index in [0.29, 0.717) is 6.61 Å². The fourth-order valence-corrected chi connectivity index (χ4v) is 4.95. The Morgan fingerprint density at radius 2 is 1.19 bits per heavy atom. The average Bonchev–Trinajstić information content (AvgIpc) is 3.32. The predicted octanol–water partition coefficient (Wildman–Crippen LogP) is 7.86. The number of rotatable bonds is 5. The third-order valence-electron chi connectivity index (χ3n) is 4.09. The van der Waals surface area contributed by atoms with Crippen LogP contribution in [0.3, 0.4) is 0 Å². The first-order valence-corrected chi connectivity index (χ1v) is 10.4. The summed E-state index contributed by atoms with van der Waals surface area (Å²) in [4.78, 5) is 3.74. The lowest BCUT2D eigenvalue weighted by Crippen LogP contribution is -1.90. The zero-order valence-corrected chi connectivity index (χ0v) is 16.6. The van der Waals surface area contributed by atoms with Gasteiger partial charge in [-0.15, -0.1) is 22.7 Å². The van der Waals surface area contributed by atoms with Gasteiger partial charge in [0.1, 0.15) is 5.75 Å². The molecule has 0 amide bonds. The van der Waals surface area contributed by atoms with E-state index in [1.165, 1.54) is 31.3 Å². The smallest absolute Gasteiger partial charge is 0.119 e. The summed E-state index contributed by atoms with van der Waals surface area (Å²) in [5, 5.41) is 0. The van der Waals surface area contributed by atoms with E-state index in [4.69, 9.17) is 16.3 Å². The fraction of sp³-hybridized carbons (Fsp3) is 0.0909. The lowest BCUT2D eigenvalue weighted by molar-refractivity contribution is 0.340. The van der Waals surface area contributed by atoms with Gasteiger partial charge in [-0.05, 0) is 60.0 Å². The van der Waals surface area contributed by atoms with Crippen LogP contribution in [0, 0.1) is 0 Å². The first kappa shape index (κ1) is 17.3. The molecule has 0 aliphatic rings. The normalized spacial score (nSPS) is 10.8. The molecular weight excluding hydrogens is 380 g/mol. The van der Waals surface area contributed by atoms with Gasteiger partial charge in [-0.25, -0.2) is 0 Å². The summed E-state index contributed by atoms with van der Waals surface area (Å²) in [6.07, 6.45) is 0. The van der Waals surface area contributed by atoms with Crippen molar-refractivity contribution in [2.45, 2.75) is 6.92 Å². The van der Waals surface area contributed by atoms with Gasteiger partial charge >= 0.3 is 0 Å². The zero-order chi connectivity index (χ0) is 17.9. The monoisotopic (exact) mass is 396 g/mol. The van der Waals surface area contributed by atoms with Crippen LogP contribution in [-0.2, 0) is 0 Å².